The summed E-state index contributed by atoms with van der Waals surface area (Å²) in [6.07, 6.45) is 5.55. The van der Waals surface area contributed by atoms with E-state index in [2.05, 4.69) is 5.32 Å². The minimum Gasteiger partial charge on any atom is -0.468 e. The number of methoxy groups -OCH3 is 1. The van der Waals surface area contributed by atoms with Gasteiger partial charge in [-0.15, -0.1) is 0 Å². The molecule has 290 valence electrons. The highest BCUT2D eigenvalue weighted by molar-refractivity contribution is 5.95. The molecule has 0 radical (unpaired) electrons. The van der Waals surface area contributed by atoms with Gasteiger partial charge in [-0.3, -0.25) is 24.0 Å². The number of nitrogens with one attached hydrogen (secondary N) is 1. The average molecular weight is 732 g/mol. The fourth-order valence-corrected chi connectivity index (χ4v) is 8.24. The molecule has 0 unspecified atom stereocenters. The van der Waals surface area contributed by atoms with Gasteiger partial charge in [0.25, 0.3) is 0 Å². The van der Waals surface area contributed by atoms with Gasteiger partial charge in [0.1, 0.15) is 5.54 Å². The molecule has 1 heterocycles. The first-order chi connectivity index (χ1) is 25.3. The normalized spacial score (nSPS) is 18.4. The molecule has 1 spiro atoms. The second kappa shape index (κ2) is 19.4. The number of unbranched alkanes of at least 4 members (excludes halogenated alkanes) is 1. The van der Waals surface area contributed by atoms with E-state index in [1.54, 1.807) is 0 Å². The molecule has 1 aliphatic carbocycles. The number of piperidine rings is 1. The number of ketones is 2. The van der Waals surface area contributed by atoms with Crippen LogP contribution in [0.25, 0.3) is 0 Å². The van der Waals surface area contributed by atoms with Crippen LogP contribution < -0.4 is 22.5 Å². The van der Waals surface area contributed by atoms with Crippen molar-refractivity contribution >= 4 is 29.4 Å². The zero-order valence-electron chi connectivity index (χ0n) is 31.9. The van der Waals surface area contributed by atoms with Crippen LogP contribution >= 0.6 is 0 Å². The largest absolute Gasteiger partial charge is 0.468 e. The van der Waals surface area contributed by atoms with Crippen LogP contribution in [0.1, 0.15) is 89.2 Å². The third kappa shape index (κ3) is 11.8. The van der Waals surface area contributed by atoms with Crippen LogP contribution in [0.15, 0.2) is 60.7 Å². The van der Waals surface area contributed by atoms with Gasteiger partial charge in [-0.05, 0) is 86.8 Å². The summed E-state index contributed by atoms with van der Waals surface area (Å²) in [7, 11) is 1.35. The molecule has 1 aliphatic heterocycles. The number of nitrogens with zero attached hydrogens (tertiary/aromatic N) is 1. The van der Waals surface area contributed by atoms with E-state index < -0.39 is 35.4 Å². The van der Waals surface area contributed by atoms with E-state index in [1.165, 1.54) is 7.11 Å². The number of amides is 2. The van der Waals surface area contributed by atoms with Crippen molar-refractivity contribution in [2.45, 2.75) is 109 Å². The monoisotopic (exact) mass is 731 g/mol. The molecule has 53 heavy (non-hydrogen) atoms. The summed E-state index contributed by atoms with van der Waals surface area (Å²) in [4.78, 5) is 69.7. The number of Topliss-reactive ketones (excluding diaryl/α,β-unsaturated/α-hetero) is 2. The first kappa shape index (κ1) is 41.8. The Balaban J connectivity index is 1.44. The van der Waals surface area contributed by atoms with E-state index in [9.17, 15) is 24.0 Å². The number of hydrogen-bond acceptors (Lipinski definition) is 9. The Kier molecular flexibility index (Phi) is 15.3. The lowest BCUT2D eigenvalue weighted by Crippen LogP contribution is -2.65. The van der Waals surface area contributed by atoms with Gasteiger partial charge in [-0.2, -0.15) is 0 Å². The van der Waals surface area contributed by atoms with Gasteiger partial charge in [0, 0.05) is 37.8 Å². The van der Waals surface area contributed by atoms with Crippen molar-refractivity contribution in [3.8, 4) is 0 Å². The maximum Gasteiger partial charge on any atom is 0.325 e. The molecule has 1 saturated heterocycles. The van der Waals surface area contributed by atoms with Crippen molar-refractivity contribution in [3.63, 3.8) is 0 Å². The minimum atomic E-state index is -0.963. The number of nitrogens with two attached hydrogens (primary N) is 3. The van der Waals surface area contributed by atoms with E-state index in [-0.39, 0.29) is 47.6 Å². The maximum atomic E-state index is 14.1. The Bertz CT molecular complexity index is 1520. The van der Waals surface area contributed by atoms with Crippen molar-refractivity contribution in [3.05, 3.63) is 71.8 Å². The first-order valence-electron chi connectivity index (χ1n) is 19.3. The number of carbonyl (C=O) groups excluding carboxylic acids is 5. The lowest BCUT2D eigenvalue weighted by Gasteiger charge is -2.56. The van der Waals surface area contributed by atoms with E-state index in [0.29, 0.717) is 64.6 Å². The molecule has 11 nitrogen and oxygen atoms in total. The molecule has 2 amide bonds. The average Bonchev–Trinajstić information content (AvgIpc) is 3.13. The number of carbonyl (C=O) groups is 5. The lowest BCUT2D eigenvalue weighted by molar-refractivity contribution is -0.161. The van der Waals surface area contributed by atoms with Crippen molar-refractivity contribution in [2.75, 3.05) is 26.7 Å². The molecular weight excluding hydrogens is 670 g/mol. The van der Waals surface area contributed by atoms with Gasteiger partial charge in [0.2, 0.25) is 11.8 Å². The summed E-state index contributed by atoms with van der Waals surface area (Å²) in [5.41, 5.74) is 19.2. The van der Waals surface area contributed by atoms with Crippen molar-refractivity contribution in [2.24, 2.45) is 40.4 Å². The van der Waals surface area contributed by atoms with Crippen LogP contribution in [0.5, 0.6) is 0 Å². The van der Waals surface area contributed by atoms with Gasteiger partial charge in [-0.25, -0.2) is 0 Å². The Hall–Kier alpha value is -3.93. The number of hydrogen-bond donors (Lipinski definition) is 4. The molecule has 2 fully saturated rings. The zero-order chi connectivity index (χ0) is 38.6. The zero-order valence-corrected chi connectivity index (χ0v) is 31.9. The van der Waals surface area contributed by atoms with Gasteiger partial charge in [-0.1, -0.05) is 80.9 Å². The predicted octanol–water partition coefficient (Wildman–Crippen LogP) is 3.88. The molecule has 7 N–H and O–H groups in total. The molecule has 2 aliphatic rings. The third-order valence-electron chi connectivity index (χ3n) is 11.2. The molecule has 4 rings (SSSR count). The van der Waals surface area contributed by atoms with Crippen LogP contribution in [0, 0.1) is 23.2 Å². The molecule has 2 aromatic carbocycles. The maximum absolute atomic E-state index is 14.1. The number of benzene rings is 2. The summed E-state index contributed by atoms with van der Waals surface area (Å²) in [5, 5.41) is 3.03. The minimum absolute atomic E-state index is 0.00119. The molecular formula is C42H61N5O6. The standard InChI is InChI=1S/C42H61N5O6/c1-29(2)22-35(46-38(50)33(23-30-12-6-4-7-13-30)26-36(48)34(44)24-31-14-8-5-9-15-31)37(49)25-32(16-10-11-19-43)39(51)47-20-17-41(18-21-47)27-42(45,28-41)40(52)53-3/h4-9,12-15,29,32-35H,10-11,16-28,43-45H2,1-3H3,(H,46,50)/t32-,33-,34+,35+/m0/s1. The Labute approximate surface area is 315 Å². The SMILES string of the molecule is COC(=O)C1(N)CC2(CCN(C(=O)[C@@H](CCCCN)CC(=O)[C@@H](CC(C)C)NC(=O)[C@H](CC(=O)[C@H](N)Cc3ccccc3)Cc3ccccc3)CC2)C1. The Morgan fingerprint density at radius 1 is 0.830 bits per heavy atom. The molecule has 4 atom stereocenters. The second-order valence-corrected chi connectivity index (χ2v) is 16.0. The molecule has 1 saturated carbocycles. The summed E-state index contributed by atoms with van der Waals surface area (Å²) >= 11 is 0. The number of likely N-dealkylation sites (tertiary alicyclic amines) is 1. The molecule has 2 aromatic rings. The molecule has 0 aromatic heterocycles. The van der Waals surface area contributed by atoms with E-state index in [1.807, 2.05) is 79.4 Å². The second-order valence-electron chi connectivity index (χ2n) is 16.0. The van der Waals surface area contributed by atoms with Gasteiger partial charge in [0.05, 0.1) is 19.2 Å². The number of esters is 1. The highest BCUT2D eigenvalue weighted by Crippen LogP contribution is 2.54. The van der Waals surface area contributed by atoms with E-state index >= 15 is 0 Å². The topological polar surface area (TPSA) is 188 Å². The predicted molar refractivity (Wildman–Crippen MR) is 205 cm³/mol. The van der Waals surface area contributed by atoms with Gasteiger partial charge >= 0.3 is 5.97 Å². The van der Waals surface area contributed by atoms with Crippen LogP contribution in [0.2, 0.25) is 0 Å². The summed E-state index contributed by atoms with van der Waals surface area (Å²) < 4.78 is 4.90. The quantitative estimate of drug-likeness (QED) is 0.116. The highest BCUT2D eigenvalue weighted by atomic mass is 16.5. The fraction of sp³-hybridized carbons (Fsp3) is 0.595. The summed E-state index contributed by atoms with van der Waals surface area (Å²) in [6, 6.07) is 17.5. The van der Waals surface area contributed by atoms with Crippen molar-refractivity contribution in [1.29, 1.82) is 0 Å². The van der Waals surface area contributed by atoms with Crippen LogP contribution in [-0.4, -0.2) is 78.6 Å². The Morgan fingerprint density at radius 2 is 1.40 bits per heavy atom. The summed E-state index contributed by atoms with van der Waals surface area (Å²) in [5.74, 6) is -2.42. The van der Waals surface area contributed by atoms with Gasteiger partial charge in [0.15, 0.2) is 11.6 Å². The van der Waals surface area contributed by atoms with Crippen LogP contribution in [0.3, 0.4) is 0 Å². The first-order valence-corrected chi connectivity index (χ1v) is 19.3. The lowest BCUT2D eigenvalue weighted by atomic mass is 9.54. The van der Waals surface area contributed by atoms with Crippen molar-refractivity contribution < 1.29 is 28.7 Å². The van der Waals surface area contributed by atoms with Crippen LogP contribution in [-0.2, 0) is 41.6 Å². The van der Waals surface area contributed by atoms with Gasteiger partial charge < -0.3 is 32.2 Å². The smallest absolute Gasteiger partial charge is 0.325 e. The van der Waals surface area contributed by atoms with Crippen LogP contribution in [0.4, 0.5) is 0 Å². The highest BCUT2D eigenvalue weighted by Gasteiger charge is 2.58. The third-order valence-corrected chi connectivity index (χ3v) is 11.2. The fourth-order valence-electron chi connectivity index (χ4n) is 8.24. The van der Waals surface area contributed by atoms with E-state index in [0.717, 1.165) is 30.4 Å². The van der Waals surface area contributed by atoms with E-state index in [4.69, 9.17) is 21.9 Å². The number of ether oxygens (including phenoxy) is 1. The summed E-state index contributed by atoms with van der Waals surface area (Å²) in [6.45, 7) is 5.54. The Morgan fingerprint density at radius 3 is 1.94 bits per heavy atom. The van der Waals surface area contributed by atoms with Crippen molar-refractivity contribution in [1.82, 2.24) is 10.2 Å². The number of rotatable bonds is 20. The molecule has 0 bridgehead atoms. The molecule has 11 heteroatoms.